The van der Waals surface area contributed by atoms with Crippen molar-refractivity contribution in [3.8, 4) is 0 Å². The van der Waals surface area contributed by atoms with Crippen LogP contribution in [0, 0.1) is 23.0 Å². The summed E-state index contributed by atoms with van der Waals surface area (Å²) >= 11 is 0. The summed E-state index contributed by atoms with van der Waals surface area (Å²) in [5.41, 5.74) is 1.75. The normalized spacial score (nSPS) is 19.7. The van der Waals surface area contributed by atoms with Gasteiger partial charge < -0.3 is 5.32 Å². The predicted molar refractivity (Wildman–Crippen MR) is 111 cm³/mol. The Labute approximate surface area is 171 Å². The molecule has 1 fully saturated rings. The van der Waals surface area contributed by atoms with Crippen LogP contribution >= 0.6 is 0 Å². The average molecular weight is 419 g/mol. The predicted octanol–water partition coefficient (Wildman–Crippen LogP) is 3.77. The Hall–Kier alpha value is -2.52. The monoisotopic (exact) mass is 418 g/mol. The first-order chi connectivity index (χ1) is 13.7. The molecule has 156 valence electrons. The van der Waals surface area contributed by atoms with Crippen molar-refractivity contribution >= 4 is 21.4 Å². The molecule has 2 N–H and O–H groups in total. The number of rotatable bonds is 7. The largest absolute Gasteiger partial charge is 0.375 e. The lowest BCUT2D eigenvalue weighted by Crippen LogP contribution is -2.37. The van der Waals surface area contributed by atoms with Gasteiger partial charge in [0.2, 0.25) is 10.0 Å². The summed E-state index contributed by atoms with van der Waals surface area (Å²) < 4.78 is 28.1. The smallest absolute Gasteiger partial charge is 0.293 e. The summed E-state index contributed by atoms with van der Waals surface area (Å²) in [7, 11) is -3.81. The fourth-order valence-corrected chi connectivity index (χ4v) is 4.77. The van der Waals surface area contributed by atoms with Gasteiger partial charge in [-0.05, 0) is 62.3 Å². The Morgan fingerprint density at radius 1 is 1.17 bits per heavy atom. The Morgan fingerprint density at radius 2 is 1.90 bits per heavy atom. The van der Waals surface area contributed by atoms with E-state index in [9.17, 15) is 18.5 Å². The van der Waals surface area contributed by atoms with Crippen LogP contribution in [0.2, 0.25) is 0 Å². The second-order valence-electron chi connectivity index (χ2n) is 7.68. The maximum absolute atomic E-state index is 12.7. The minimum atomic E-state index is -3.81. The number of nitrogens with zero attached hydrogens (tertiary/aromatic N) is 2. The molecule has 0 spiro atoms. The molecule has 0 aliphatic heterocycles. The van der Waals surface area contributed by atoms with Crippen LogP contribution in [0.25, 0.3) is 0 Å². The number of pyridine rings is 1. The van der Waals surface area contributed by atoms with Gasteiger partial charge in [-0.15, -0.1) is 0 Å². The van der Waals surface area contributed by atoms with Crippen LogP contribution in [0.3, 0.4) is 0 Å². The zero-order valence-corrected chi connectivity index (χ0v) is 17.4. The Morgan fingerprint density at radius 3 is 2.52 bits per heavy atom. The molecule has 0 amide bonds. The van der Waals surface area contributed by atoms with Crippen molar-refractivity contribution in [2.75, 3.05) is 5.32 Å². The molecule has 0 bridgehead atoms. The first-order valence-corrected chi connectivity index (χ1v) is 11.2. The number of sulfonamides is 1. The summed E-state index contributed by atoms with van der Waals surface area (Å²) in [6.45, 7) is 4.38. The second kappa shape index (κ2) is 8.87. The minimum absolute atomic E-state index is 0.0922. The number of anilines is 1. The van der Waals surface area contributed by atoms with E-state index in [0.717, 1.165) is 43.0 Å². The number of nitro groups is 1. The van der Waals surface area contributed by atoms with Gasteiger partial charge in [-0.3, -0.25) is 15.1 Å². The van der Waals surface area contributed by atoms with E-state index in [4.69, 9.17) is 0 Å². The van der Waals surface area contributed by atoms with Gasteiger partial charge in [0, 0.05) is 30.5 Å². The number of aryl methyl sites for hydroxylation is 1. The van der Waals surface area contributed by atoms with Crippen LogP contribution in [0.15, 0.2) is 41.4 Å². The third-order valence-electron chi connectivity index (χ3n) is 5.27. The SMILES string of the molecule is Cc1ccc(CNc2ccc(S(=O)(=O)NC3CCC(C)CC3)cc2[N+](=O)[O-])cn1. The summed E-state index contributed by atoms with van der Waals surface area (Å²) in [6, 6.07) is 7.58. The molecule has 29 heavy (non-hydrogen) atoms. The fraction of sp³-hybridized carbons (Fsp3) is 0.450. The zero-order valence-electron chi connectivity index (χ0n) is 16.6. The zero-order chi connectivity index (χ0) is 21.0. The third kappa shape index (κ3) is 5.51. The summed E-state index contributed by atoms with van der Waals surface area (Å²) in [6.07, 6.45) is 5.22. The molecule has 1 aromatic carbocycles. The molecule has 1 saturated carbocycles. The first-order valence-electron chi connectivity index (χ1n) is 9.71. The van der Waals surface area contributed by atoms with E-state index >= 15 is 0 Å². The van der Waals surface area contributed by atoms with Crippen LogP contribution < -0.4 is 10.0 Å². The number of hydrogen-bond donors (Lipinski definition) is 2. The van der Waals surface area contributed by atoms with Gasteiger partial charge in [0.05, 0.1) is 9.82 Å². The molecule has 0 unspecified atom stereocenters. The van der Waals surface area contributed by atoms with E-state index < -0.39 is 14.9 Å². The van der Waals surface area contributed by atoms with Crippen molar-refractivity contribution in [1.82, 2.24) is 9.71 Å². The second-order valence-corrected chi connectivity index (χ2v) is 9.39. The van der Waals surface area contributed by atoms with Gasteiger partial charge in [0.25, 0.3) is 5.69 Å². The lowest BCUT2D eigenvalue weighted by Gasteiger charge is -2.26. The molecule has 3 rings (SSSR count). The summed E-state index contributed by atoms with van der Waals surface area (Å²) in [4.78, 5) is 15.1. The van der Waals surface area contributed by atoms with Crippen molar-refractivity contribution < 1.29 is 13.3 Å². The molecule has 8 nitrogen and oxygen atoms in total. The Bertz CT molecular complexity index is 968. The quantitative estimate of drug-likeness (QED) is 0.523. The van der Waals surface area contributed by atoms with E-state index in [-0.39, 0.29) is 22.3 Å². The molecule has 1 aliphatic carbocycles. The average Bonchev–Trinajstić information content (AvgIpc) is 2.69. The van der Waals surface area contributed by atoms with E-state index in [1.54, 1.807) is 6.20 Å². The molecule has 0 atom stereocenters. The van der Waals surface area contributed by atoms with Crippen molar-refractivity contribution in [2.24, 2.45) is 5.92 Å². The number of aromatic nitrogens is 1. The van der Waals surface area contributed by atoms with Gasteiger partial charge in [-0.1, -0.05) is 13.0 Å². The van der Waals surface area contributed by atoms with Crippen LogP contribution in [0.1, 0.15) is 43.9 Å². The summed E-state index contributed by atoms with van der Waals surface area (Å²) in [5, 5.41) is 14.5. The molecule has 1 aliphatic rings. The maximum atomic E-state index is 12.7. The van der Waals surface area contributed by atoms with E-state index in [2.05, 4.69) is 21.9 Å². The van der Waals surface area contributed by atoms with E-state index in [1.807, 2.05) is 19.1 Å². The molecule has 0 radical (unpaired) electrons. The van der Waals surface area contributed by atoms with Crippen LogP contribution in [0.4, 0.5) is 11.4 Å². The first kappa shape index (κ1) is 21.2. The number of nitro benzene ring substituents is 1. The Kier molecular flexibility index (Phi) is 6.49. The van der Waals surface area contributed by atoms with E-state index in [1.165, 1.54) is 12.1 Å². The number of benzene rings is 1. The minimum Gasteiger partial charge on any atom is -0.375 e. The maximum Gasteiger partial charge on any atom is 0.293 e. The fourth-order valence-electron chi connectivity index (χ4n) is 3.44. The third-order valence-corrected chi connectivity index (χ3v) is 6.79. The molecule has 0 saturated heterocycles. The number of nitrogens with one attached hydrogen (secondary N) is 2. The molecular weight excluding hydrogens is 392 g/mol. The summed E-state index contributed by atoms with van der Waals surface area (Å²) in [5.74, 6) is 0.603. The van der Waals surface area contributed by atoms with Gasteiger partial charge in [0.15, 0.2) is 0 Å². The highest BCUT2D eigenvalue weighted by Crippen LogP contribution is 2.29. The standard InChI is InChI=1S/C20H26N4O4S/c1-14-3-7-17(8-4-14)23-29(27,28)18-9-10-19(20(11-18)24(25)26)22-13-16-6-5-15(2)21-12-16/h5-6,9-12,14,17,22-23H,3-4,7-8,13H2,1-2H3. The van der Waals surface area contributed by atoms with Gasteiger partial charge in [0.1, 0.15) is 5.69 Å². The van der Waals surface area contributed by atoms with Gasteiger partial charge in [-0.2, -0.15) is 0 Å². The molecular formula is C20H26N4O4S. The topological polar surface area (TPSA) is 114 Å². The van der Waals surface area contributed by atoms with Crippen LogP contribution in [0.5, 0.6) is 0 Å². The van der Waals surface area contributed by atoms with Crippen molar-refractivity contribution in [3.05, 3.63) is 57.9 Å². The lowest BCUT2D eigenvalue weighted by atomic mass is 9.88. The molecule has 9 heteroatoms. The highest BCUT2D eigenvalue weighted by atomic mass is 32.2. The van der Waals surface area contributed by atoms with Crippen molar-refractivity contribution in [2.45, 2.75) is 57.0 Å². The number of hydrogen-bond acceptors (Lipinski definition) is 6. The lowest BCUT2D eigenvalue weighted by molar-refractivity contribution is -0.384. The van der Waals surface area contributed by atoms with Crippen LogP contribution in [-0.4, -0.2) is 24.4 Å². The van der Waals surface area contributed by atoms with Crippen molar-refractivity contribution in [3.63, 3.8) is 0 Å². The van der Waals surface area contributed by atoms with E-state index in [0.29, 0.717) is 12.5 Å². The van der Waals surface area contributed by atoms with Gasteiger partial charge in [-0.25, -0.2) is 13.1 Å². The Balaban J connectivity index is 1.76. The highest BCUT2D eigenvalue weighted by Gasteiger charge is 2.26. The molecule has 1 heterocycles. The molecule has 1 aromatic heterocycles. The van der Waals surface area contributed by atoms with Crippen LogP contribution in [-0.2, 0) is 16.6 Å². The van der Waals surface area contributed by atoms with Gasteiger partial charge >= 0.3 is 0 Å². The van der Waals surface area contributed by atoms with Crippen molar-refractivity contribution in [1.29, 1.82) is 0 Å². The highest BCUT2D eigenvalue weighted by molar-refractivity contribution is 7.89. The molecule has 2 aromatic rings.